The predicted octanol–water partition coefficient (Wildman–Crippen LogP) is 4.63. The van der Waals surface area contributed by atoms with E-state index >= 15 is 0 Å². The molecule has 1 amide bonds. The second-order valence-electron chi connectivity index (χ2n) is 5.16. The fourth-order valence-electron chi connectivity index (χ4n) is 2.44. The molecule has 0 N–H and O–H groups in total. The third-order valence-electron chi connectivity index (χ3n) is 3.62. The van der Waals surface area contributed by atoms with Crippen molar-refractivity contribution in [2.75, 3.05) is 12.3 Å². The van der Waals surface area contributed by atoms with Gasteiger partial charge in [0.25, 0.3) is 0 Å². The highest BCUT2D eigenvalue weighted by molar-refractivity contribution is 7.99. The van der Waals surface area contributed by atoms with Gasteiger partial charge in [-0.05, 0) is 43.9 Å². The molecule has 1 heterocycles. The average molecular weight is 332 g/mol. The van der Waals surface area contributed by atoms with Crippen molar-refractivity contribution in [1.82, 2.24) is 4.90 Å². The highest BCUT2D eigenvalue weighted by atomic mass is 35.5. The largest absolute Gasteiger partial charge is 0.339 e. The van der Waals surface area contributed by atoms with Crippen molar-refractivity contribution in [3.05, 3.63) is 33.8 Å². The first kappa shape index (κ1) is 16.0. The predicted molar refractivity (Wildman–Crippen MR) is 87.7 cm³/mol. The zero-order chi connectivity index (χ0) is 14.5. The number of rotatable bonds is 4. The van der Waals surface area contributed by atoms with Gasteiger partial charge in [-0.1, -0.05) is 29.3 Å². The number of likely N-dealkylation sites (tertiary alicyclic amines) is 1. The van der Waals surface area contributed by atoms with Gasteiger partial charge in [0.2, 0.25) is 5.91 Å². The molecule has 0 spiro atoms. The van der Waals surface area contributed by atoms with Gasteiger partial charge in [0.1, 0.15) is 0 Å². The van der Waals surface area contributed by atoms with Crippen LogP contribution in [0.25, 0.3) is 0 Å². The molecule has 0 saturated carbocycles. The number of amides is 1. The van der Waals surface area contributed by atoms with Crippen LogP contribution in [0.2, 0.25) is 10.0 Å². The van der Waals surface area contributed by atoms with E-state index in [1.807, 2.05) is 17.0 Å². The molecule has 1 saturated heterocycles. The Balaban J connectivity index is 1.81. The molecule has 1 aliphatic rings. The van der Waals surface area contributed by atoms with Gasteiger partial charge in [0, 0.05) is 28.4 Å². The van der Waals surface area contributed by atoms with Gasteiger partial charge in [-0.25, -0.2) is 0 Å². The van der Waals surface area contributed by atoms with E-state index in [-0.39, 0.29) is 5.91 Å². The lowest BCUT2D eigenvalue weighted by atomic mass is 10.0. The normalized spacial score (nSPS) is 19.1. The van der Waals surface area contributed by atoms with Crippen LogP contribution in [0, 0.1) is 0 Å². The lowest BCUT2D eigenvalue weighted by Crippen LogP contribution is -2.42. The minimum Gasteiger partial charge on any atom is -0.339 e. The molecular formula is C15H19Cl2NOS. The Kier molecular flexibility index (Phi) is 6.06. The Labute approximate surface area is 134 Å². The van der Waals surface area contributed by atoms with Crippen LogP contribution in [0.5, 0.6) is 0 Å². The van der Waals surface area contributed by atoms with Crippen molar-refractivity contribution in [2.24, 2.45) is 0 Å². The summed E-state index contributed by atoms with van der Waals surface area (Å²) in [6, 6.07) is 5.88. The number of benzene rings is 1. The van der Waals surface area contributed by atoms with Gasteiger partial charge < -0.3 is 4.90 Å². The topological polar surface area (TPSA) is 20.3 Å². The lowest BCUT2D eigenvalue weighted by molar-refractivity contribution is -0.131. The molecule has 5 heteroatoms. The summed E-state index contributed by atoms with van der Waals surface area (Å²) < 4.78 is 0. The monoisotopic (exact) mass is 331 g/mol. The summed E-state index contributed by atoms with van der Waals surface area (Å²) in [7, 11) is 0. The Morgan fingerprint density at radius 1 is 1.40 bits per heavy atom. The van der Waals surface area contributed by atoms with Gasteiger partial charge in [-0.15, -0.1) is 11.8 Å². The maximum atomic E-state index is 12.2. The summed E-state index contributed by atoms with van der Waals surface area (Å²) in [5, 5.41) is 1.31. The van der Waals surface area contributed by atoms with E-state index in [1.165, 1.54) is 6.42 Å². The molecule has 0 aromatic heterocycles. The molecule has 1 aromatic rings. The van der Waals surface area contributed by atoms with Crippen LogP contribution in [0.4, 0.5) is 0 Å². The van der Waals surface area contributed by atoms with E-state index in [0.29, 0.717) is 21.8 Å². The molecule has 1 unspecified atom stereocenters. The first-order chi connectivity index (χ1) is 9.58. The van der Waals surface area contributed by atoms with E-state index in [2.05, 4.69) is 6.92 Å². The molecule has 1 aromatic carbocycles. The first-order valence-electron chi connectivity index (χ1n) is 6.89. The maximum Gasteiger partial charge on any atom is 0.232 e. The summed E-state index contributed by atoms with van der Waals surface area (Å²) in [5.74, 6) is 1.50. The van der Waals surface area contributed by atoms with E-state index in [9.17, 15) is 4.79 Å². The van der Waals surface area contributed by atoms with Gasteiger partial charge in [0.05, 0.1) is 5.75 Å². The van der Waals surface area contributed by atoms with Gasteiger partial charge in [-0.3, -0.25) is 4.79 Å². The minimum atomic E-state index is 0.243. The number of carbonyl (C=O) groups is 1. The smallest absolute Gasteiger partial charge is 0.232 e. The van der Waals surface area contributed by atoms with Crippen LogP contribution in [0.1, 0.15) is 31.7 Å². The zero-order valence-electron chi connectivity index (χ0n) is 11.6. The maximum absolute atomic E-state index is 12.2. The lowest BCUT2D eigenvalue weighted by Gasteiger charge is -2.33. The number of hydrogen-bond donors (Lipinski definition) is 0. The number of hydrogen-bond acceptors (Lipinski definition) is 2. The van der Waals surface area contributed by atoms with Crippen molar-refractivity contribution < 1.29 is 4.79 Å². The van der Waals surface area contributed by atoms with E-state index in [0.717, 1.165) is 30.7 Å². The van der Waals surface area contributed by atoms with E-state index in [1.54, 1.807) is 17.8 Å². The standard InChI is InChI=1S/C15H19Cl2NOS/c1-11-4-2-3-7-18(11)15(19)10-20-9-12-5-6-13(16)8-14(12)17/h5-6,8,11H,2-4,7,9-10H2,1H3. The van der Waals surface area contributed by atoms with Crippen LogP contribution in [0.3, 0.4) is 0 Å². The fraction of sp³-hybridized carbons (Fsp3) is 0.533. The molecule has 2 nitrogen and oxygen atoms in total. The Morgan fingerprint density at radius 2 is 2.20 bits per heavy atom. The Morgan fingerprint density at radius 3 is 2.90 bits per heavy atom. The summed E-state index contributed by atoms with van der Waals surface area (Å²) in [6.45, 7) is 3.04. The summed E-state index contributed by atoms with van der Waals surface area (Å²) in [5.41, 5.74) is 1.03. The molecule has 20 heavy (non-hydrogen) atoms. The van der Waals surface area contributed by atoms with Crippen molar-refractivity contribution in [3.8, 4) is 0 Å². The third-order valence-corrected chi connectivity index (χ3v) is 5.17. The SMILES string of the molecule is CC1CCCCN1C(=O)CSCc1ccc(Cl)cc1Cl. The number of nitrogens with zero attached hydrogens (tertiary/aromatic N) is 1. The molecule has 0 radical (unpaired) electrons. The van der Waals surface area contributed by atoms with Gasteiger partial charge in [0.15, 0.2) is 0 Å². The fourth-order valence-corrected chi connectivity index (χ4v) is 3.91. The van der Waals surface area contributed by atoms with E-state index < -0.39 is 0 Å². The zero-order valence-corrected chi connectivity index (χ0v) is 13.9. The quantitative estimate of drug-likeness (QED) is 0.801. The highest BCUT2D eigenvalue weighted by Crippen LogP contribution is 2.25. The second kappa shape index (κ2) is 7.58. The van der Waals surface area contributed by atoms with Crippen molar-refractivity contribution in [1.29, 1.82) is 0 Å². The molecule has 2 rings (SSSR count). The molecule has 1 aliphatic heterocycles. The van der Waals surface area contributed by atoms with Gasteiger partial charge >= 0.3 is 0 Å². The number of piperidine rings is 1. The number of thioether (sulfide) groups is 1. The van der Waals surface area contributed by atoms with Crippen molar-refractivity contribution in [2.45, 2.75) is 38.0 Å². The summed E-state index contributed by atoms with van der Waals surface area (Å²) in [4.78, 5) is 14.2. The highest BCUT2D eigenvalue weighted by Gasteiger charge is 2.22. The summed E-state index contributed by atoms with van der Waals surface area (Å²) in [6.07, 6.45) is 3.49. The number of halogens is 2. The van der Waals surface area contributed by atoms with Gasteiger partial charge in [-0.2, -0.15) is 0 Å². The molecule has 110 valence electrons. The molecule has 1 atom stereocenters. The Bertz CT molecular complexity index is 481. The molecular weight excluding hydrogens is 313 g/mol. The Hall–Kier alpha value is -0.380. The van der Waals surface area contributed by atoms with Crippen LogP contribution in [-0.4, -0.2) is 29.1 Å². The van der Waals surface area contributed by atoms with Crippen molar-refractivity contribution in [3.63, 3.8) is 0 Å². The molecule has 0 bridgehead atoms. The van der Waals surface area contributed by atoms with Crippen LogP contribution in [0.15, 0.2) is 18.2 Å². The van der Waals surface area contributed by atoms with Crippen LogP contribution < -0.4 is 0 Å². The second-order valence-corrected chi connectivity index (χ2v) is 6.99. The van der Waals surface area contributed by atoms with Crippen LogP contribution >= 0.6 is 35.0 Å². The molecule has 0 aliphatic carbocycles. The first-order valence-corrected chi connectivity index (χ1v) is 8.80. The van der Waals surface area contributed by atoms with Crippen LogP contribution in [-0.2, 0) is 10.5 Å². The number of carbonyl (C=O) groups excluding carboxylic acids is 1. The average Bonchev–Trinajstić information content (AvgIpc) is 2.41. The summed E-state index contributed by atoms with van der Waals surface area (Å²) >= 11 is 13.6. The van der Waals surface area contributed by atoms with E-state index in [4.69, 9.17) is 23.2 Å². The van der Waals surface area contributed by atoms with Crippen molar-refractivity contribution >= 4 is 40.9 Å². The minimum absolute atomic E-state index is 0.243. The third kappa shape index (κ3) is 4.31. The molecule has 1 fully saturated rings.